The summed E-state index contributed by atoms with van der Waals surface area (Å²) in [7, 11) is 0. The molecule has 178 valence electrons. The zero-order valence-corrected chi connectivity index (χ0v) is 20.4. The molecule has 0 bridgehead atoms. The predicted molar refractivity (Wildman–Crippen MR) is 154 cm³/mol. The molecule has 0 amide bonds. The average molecular weight is 488 g/mol. The number of para-hydroxylation sites is 2. The Morgan fingerprint density at radius 1 is 0.553 bits per heavy atom. The van der Waals surface area contributed by atoms with Gasteiger partial charge in [0.2, 0.25) is 0 Å². The summed E-state index contributed by atoms with van der Waals surface area (Å²) >= 11 is 0. The van der Waals surface area contributed by atoms with Crippen LogP contribution in [0.25, 0.3) is 66.2 Å². The van der Waals surface area contributed by atoms with E-state index in [-0.39, 0.29) is 0 Å². The standard InChI is InChI=1S/C33H21N5/c1-2-8-25(9-3-1)37-16-14-23-17-29-22(18-31(23)37)12-13-28-27-10-4-5-11-30(27)38(32(28)29)26-20-35-33(36-21-26)24-7-6-15-34-19-24/h1-21H. The topological polar surface area (TPSA) is 48.5 Å². The fourth-order valence-electron chi connectivity index (χ4n) is 5.58. The summed E-state index contributed by atoms with van der Waals surface area (Å²) in [6, 6.07) is 34.2. The molecule has 0 saturated heterocycles. The Kier molecular flexibility index (Phi) is 4.45. The highest BCUT2D eigenvalue weighted by Gasteiger charge is 2.17. The SMILES string of the molecule is c1ccc(-n2ccc3cc4c(ccc5c6ccccc6n(-c6cnc(-c7cccnc7)nc6)c45)cc32)cc1. The van der Waals surface area contributed by atoms with Crippen LogP contribution in [0.4, 0.5) is 0 Å². The van der Waals surface area contributed by atoms with Crippen molar-refractivity contribution in [3.05, 3.63) is 128 Å². The van der Waals surface area contributed by atoms with Gasteiger partial charge in [0.1, 0.15) is 0 Å². The van der Waals surface area contributed by atoms with Crippen LogP contribution in [-0.2, 0) is 0 Å². The van der Waals surface area contributed by atoms with Gasteiger partial charge in [0.05, 0.1) is 34.6 Å². The predicted octanol–water partition coefficient (Wildman–Crippen LogP) is 7.73. The van der Waals surface area contributed by atoms with Gasteiger partial charge in [-0.15, -0.1) is 0 Å². The summed E-state index contributed by atoms with van der Waals surface area (Å²) < 4.78 is 4.54. The fourth-order valence-corrected chi connectivity index (χ4v) is 5.58. The van der Waals surface area contributed by atoms with Crippen molar-refractivity contribution in [2.75, 3.05) is 0 Å². The van der Waals surface area contributed by atoms with Gasteiger partial charge in [-0.05, 0) is 53.9 Å². The van der Waals surface area contributed by atoms with Gasteiger partial charge in [0, 0.05) is 51.4 Å². The van der Waals surface area contributed by atoms with E-state index in [0.29, 0.717) is 5.82 Å². The number of pyridine rings is 1. The van der Waals surface area contributed by atoms with E-state index in [1.807, 2.05) is 30.6 Å². The Morgan fingerprint density at radius 3 is 2.24 bits per heavy atom. The average Bonchev–Trinajstić information content (AvgIpc) is 3.56. The van der Waals surface area contributed by atoms with Gasteiger partial charge in [-0.2, -0.15) is 0 Å². The highest BCUT2D eigenvalue weighted by Crippen LogP contribution is 2.38. The molecule has 4 heterocycles. The Bertz CT molecular complexity index is 2110. The highest BCUT2D eigenvalue weighted by atomic mass is 15.0. The van der Waals surface area contributed by atoms with Crippen molar-refractivity contribution in [1.29, 1.82) is 0 Å². The third kappa shape index (κ3) is 3.09. The van der Waals surface area contributed by atoms with E-state index in [4.69, 9.17) is 9.97 Å². The Morgan fingerprint density at radius 2 is 1.39 bits per heavy atom. The molecule has 0 N–H and O–H groups in total. The van der Waals surface area contributed by atoms with Crippen LogP contribution < -0.4 is 0 Å². The Labute approximate surface area is 218 Å². The first-order valence-corrected chi connectivity index (χ1v) is 12.6. The maximum Gasteiger partial charge on any atom is 0.160 e. The maximum absolute atomic E-state index is 4.71. The van der Waals surface area contributed by atoms with Crippen LogP contribution in [0.1, 0.15) is 0 Å². The molecule has 38 heavy (non-hydrogen) atoms. The molecule has 5 nitrogen and oxygen atoms in total. The van der Waals surface area contributed by atoms with E-state index in [0.717, 1.165) is 28.0 Å². The number of benzene rings is 4. The molecular formula is C33H21N5. The molecule has 4 aromatic heterocycles. The third-order valence-electron chi connectivity index (χ3n) is 7.31. The molecule has 5 heteroatoms. The highest BCUT2D eigenvalue weighted by molar-refractivity contribution is 6.20. The first-order valence-electron chi connectivity index (χ1n) is 12.6. The van der Waals surface area contributed by atoms with Crippen molar-refractivity contribution in [3.63, 3.8) is 0 Å². The molecule has 0 spiro atoms. The van der Waals surface area contributed by atoms with Crippen molar-refractivity contribution in [2.24, 2.45) is 0 Å². The summed E-state index contributed by atoms with van der Waals surface area (Å²) in [5.41, 5.74) is 6.47. The van der Waals surface area contributed by atoms with Crippen LogP contribution in [0.2, 0.25) is 0 Å². The van der Waals surface area contributed by atoms with Crippen LogP contribution in [0.3, 0.4) is 0 Å². The monoisotopic (exact) mass is 487 g/mol. The molecule has 0 aliphatic carbocycles. The largest absolute Gasteiger partial charge is 0.317 e. The zero-order valence-electron chi connectivity index (χ0n) is 20.4. The molecule has 8 rings (SSSR count). The molecule has 8 aromatic rings. The molecule has 0 atom stereocenters. The van der Waals surface area contributed by atoms with E-state index >= 15 is 0 Å². The molecule has 0 aliphatic heterocycles. The van der Waals surface area contributed by atoms with Crippen LogP contribution in [0, 0.1) is 0 Å². The molecule has 0 unspecified atom stereocenters. The van der Waals surface area contributed by atoms with Gasteiger partial charge in [-0.1, -0.05) is 48.5 Å². The van der Waals surface area contributed by atoms with Crippen molar-refractivity contribution in [1.82, 2.24) is 24.1 Å². The molecule has 0 saturated carbocycles. The number of hydrogen-bond donors (Lipinski definition) is 0. The fraction of sp³-hybridized carbons (Fsp3) is 0. The van der Waals surface area contributed by atoms with E-state index in [1.165, 1.54) is 32.4 Å². The lowest BCUT2D eigenvalue weighted by molar-refractivity contribution is 1.08. The molecular weight excluding hydrogens is 466 g/mol. The van der Waals surface area contributed by atoms with Gasteiger partial charge in [0.15, 0.2) is 5.82 Å². The summed E-state index contributed by atoms with van der Waals surface area (Å²) in [5, 5.41) is 6.02. The normalized spacial score (nSPS) is 11.7. The quantitative estimate of drug-likeness (QED) is 0.256. The van der Waals surface area contributed by atoms with Crippen molar-refractivity contribution < 1.29 is 0 Å². The Balaban J connectivity index is 1.40. The summed E-state index contributed by atoms with van der Waals surface area (Å²) in [6.07, 6.45) is 9.51. The Hall–Kier alpha value is -5.29. The zero-order chi connectivity index (χ0) is 25.1. The van der Waals surface area contributed by atoms with Crippen LogP contribution >= 0.6 is 0 Å². The number of fused-ring (bicyclic) bond motifs is 6. The van der Waals surface area contributed by atoms with E-state index in [2.05, 4.69) is 99.2 Å². The number of aromatic nitrogens is 5. The smallest absolute Gasteiger partial charge is 0.160 e. The van der Waals surface area contributed by atoms with Gasteiger partial charge in [0.25, 0.3) is 0 Å². The lowest BCUT2D eigenvalue weighted by atomic mass is 10.0. The minimum atomic E-state index is 0.663. The van der Waals surface area contributed by atoms with Gasteiger partial charge in [-0.25, -0.2) is 9.97 Å². The molecule has 0 aliphatic rings. The number of hydrogen-bond acceptors (Lipinski definition) is 3. The van der Waals surface area contributed by atoms with Crippen LogP contribution in [-0.4, -0.2) is 24.1 Å². The summed E-state index contributed by atoms with van der Waals surface area (Å²) in [4.78, 5) is 13.6. The van der Waals surface area contributed by atoms with Crippen LogP contribution in [0.5, 0.6) is 0 Å². The van der Waals surface area contributed by atoms with E-state index in [1.54, 1.807) is 12.4 Å². The first kappa shape index (κ1) is 20.9. The van der Waals surface area contributed by atoms with Gasteiger partial charge < -0.3 is 9.13 Å². The number of rotatable bonds is 3. The minimum absolute atomic E-state index is 0.663. The summed E-state index contributed by atoms with van der Waals surface area (Å²) in [5.74, 6) is 0.663. The second-order valence-corrected chi connectivity index (χ2v) is 9.47. The second-order valence-electron chi connectivity index (χ2n) is 9.47. The van der Waals surface area contributed by atoms with E-state index < -0.39 is 0 Å². The molecule has 0 radical (unpaired) electrons. The lowest BCUT2D eigenvalue weighted by Crippen LogP contribution is -1.98. The van der Waals surface area contributed by atoms with Gasteiger partial charge in [-0.3, -0.25) is 4.98 Å². The van der Waals surface area contributed by atoms with Crippen molar-refractivity contribution in [3.8, 4) is 22.8 Å². The van der Waals surface area contributed by atoms with Gasteiger partial charge >= 0.3 is 0 Å². The van der Waals surface area contributed by atoms with Crippen molar-refractivity contribution in [2.45, 2.75) is 0 Å². The summed E-state index contributed by atoms with van der Waals surface area (Å²) in [6.45, 7) is 0. The molecule has 0 fully saturated rings. The van der Waals surface area contributed by atoms with Crippen molar-refractivity contribution >= 4 is 43.5 Å². The third-order valence-corrected chi connectivity index (χ3v) is 7.31. The second kappa shape index (κ2) is 8.11. The minimum Gasteiger partial charge on any atom is -0.317 e. The molecule has 4 aromatic carbocycles. The maximum atomic E-state index is 4.71. The first-order chi connectivity index (χ1) is 18.8. The lowest BCUT2D eigenvalue weighted by Gasteiger charge is -2.11. The number of nitrogens with zero attached hydrogens (tertiary/aromatic N) is 5. The van der Waals surface area contributed by atoms with E-state index in [9.17, 15) is 0 Å². The van der Waals surface area contributed by atoms with Crippen LogP contribution in [0.15, 0.2) is 128 Å².